The Morgan fingerprint density at radius 1 is 0.971 bits per heavy atom. The number of hydrogen-bond acceptors (Lipinski definition) is 4. The minimum absolute atomic E-state index is 0.142. The van der Waals surface area contributed by atoms with Crippen LogP contribution in [0, 0.1) is 12.8 Å². The molecule has 2 aliphatic rings. The van der Waals surface area contributed by atoms with E-state index in [0.29, 0.717) is 23.0 Å². The van der Waals surface area contributed by atoms with Gasteiger partial charge < -0.3 is 19.9 Å². The largest absolute Gasteiger partial charge is 0.493 e. The molecular weight excluding hydrogens is 442 g/mol. The number of methoxy groups -OCH3 is 1. The molecule has 5 rings (SSSR count). The van der Waals surface area contributed by atoms with Gasteiger partial charge in [0.05, 0.1) is 7.11 Å². The lowest BCUT2D eigenvalue weighted by molar-refractivity contribution is -0.144. The first kappa shape index (κ1) is 23.0. The van der Waals surface area contributed by atoms with E-state index >= 15 is 0 Å². The number of hydrogen-bond donors (Lipinski definition) is 2. The van der Waals surface area contributed by atoms with Gasteiger partial charge in [-0.25, -0.2) is 4.79 Å². The lowest BCUT2D eigenvalue weighted by Crippen LogP contribution is -2.55. The van der Waals surface area contributed by atoms with Crippen molar-refractivity contribution >= 4 is 11.9 Å². The Morgan fingerprint density at radius 2 is 1.69 bits per heavy atom. The van der Waals surface area contributed by atoms with Crippen LogP contribution in [-0.2, 0) is 17.6 Å². The number of fused-ring (bicyclic) bond motifs is 1. The number of benzene rings is 3. The van der Waals surface area contributed by atoms with Crippen LogP contribution in [0.4, 0.5) is 0 Å². The Bertz CT molecular complexity index is 1250. The molecule has 1 fully saturated rings. The third kappa shape index (κ3) is 4.61. The topological polar surface area (TPSA) is 84.9 Å². The van der Waals surface area contributed by atoms with E-state index in [-0.39, 0.29) is 18.9 Å². The average molecular weight is 472 g/mol. The van der Waals surface area contributed by atoms with Crippen LogP contribution in [-0.4, -0.2) is 29.6 Å². The summed E-state index contributed by atoms with van der Waals surface area (Å²) in [5, 5.41) is 12.9. The first-order valence-electron chi connectivity index (χ1n) is 11.9. The fourth-order valence-corrected chi connectivity index (χ4v) is 4.93. The number of aliphatic carboxylic acids is 1. The molecule has 0 aromatic heterocycles. The highest BCUT2D eigenvalue weighted by molar-refractivity contribution is 5.99. The van der Waals surface area contributed by atoms with Crippen LogP contribution in [0.5, 0.6) is 11.5 Å². The molecule has 3 aromatic rings. The van der Waals surface area contributed by atoms with Crippen molar-refractivity contribution in [1.29, 1.82) is 0 Å². The number of amides is 1. The van der Waals surface area contributed by atoms with Crippen LogP contribution in [0.2, 0.25) is 0 Å². The third-order valence-corrected chi connectivity index (χ3v) is 6.97. The number of aryl methyl sites for hydroxylation is 1. The van der Waals surface area contributed by atoms with Gasteiger partial charge in [0.2, 0.25) is 0 Å². The van der Waals surface area contributed by atoms with Gasteiger partial charge in [0.25, 0.3) is 5.91 Å². The fraction of sp³-hybridized carbons (Fsp3) is 0.310. The molecule has 0 spiro atoms. The second-order valence-electron chi connectivity index (χ2n) is 9.62. The van der Waals surface area contributed by atoms with Gasteiger partial charge in [0, 0.05) is 24.3 Å². The summed E-state index contributed by atoms with van der Waals surface area (Å²) in [7, 11) is 1.57. The second-order valence-corrected chi connectivity index (χ2v) is 9.62. The Morgan fingerprint density at radius 3 is 2.29 bits per heavy atom. The minimum atomic E-state index is -1.38. The molecule has 1 saturated carbocycles. The molecule has 0 bridgehead atoms. The van der Waals surface area contributed by atoms with Gasteiger partial charge in [0.1, 0.15) is 11.6 Å². The second kappa shape index (κ2) is 9.10. The minimum Gasteiger partial charge on any atom is -0.493 e. The molecule has 2 N–H and O–H groups in total. The van der Waals surface area contributed by atoms with E-state index in [9.17, 15) is 14.7 Å². The Hall–Kier alpha value is -3.80. The van der Waals surface area contributed by atoms with Gasteiger partial charge in [-0.3, -0.25) is 4.79 Å². The van der Waals surface area contributed by atoms with Gasteiger partial charge in [0.15, 0.2) is 11.5 Å². The van der Waals surface area contributed by atoms with E-state index in [1.165, 1.54) is 0 Å². The summed E-state index contributed by atoms with van der Waals surface area (Å²) in [6, 6.07) is 20.8. The predicted octanol–water partition coefficient (Wildman–Crippen LogP) is 4.89. The van der Waals surface area contributed by atoms with Crippen LogP contribution in [0.1, 0.15) is 51.6 Å². The first-order chi connectivity index (χ1) is 16.9. The van der Waals surface area contributed by atoms with Crippen molar-refractivity contribution in [3.8, 4) is 11.5 Å². The zero-order valence-corrected chi connectivity index (χ0v) is 19.9. The fourth-order valence-electron chi connectivity index (χ4n) is 4.93. The maximum atomic E-state index is 13.3. The molecule has 6 nitrogen and oxygen atoms in total. The highest BCUT2D eigenvalue weighted by atomic mass is 16.5. The van der Waals surface area contributed by atoms with Crippen molar-refractivity contribution in [3.05, 3.63) is 94.5 Å². The first-order valence-corrected chi connectivity index (χ1v) is 11.9. The molecule has 2 aliphatic carbocycles. The highest BCUT2D eigenvalue weighted by Crippen LogP contribution is 2.45. The van der Waals surface area contributed by atoms with Crippen molar-refractivity contribution in [1.82, 2.24) is 5.32 Å². The van der Waals surface area contributed by atoms with Crippen molar-refractivity contribution in [2.45, 2.75) is 44.2 Å². The van der Waals surface area contributed by atoms with Crippen molar-refractivity contribution < 1.29 is 24.2 Å². The molecule has 1 amide bonds. The summed E-state index contributed by atoms with van der Waals surface area (Å²) < 4.78 is 12.0. The number of nitrogens with one attached hydrogen (secondary N) is 1. The molecule has 3 aromatic carbocycles. The summed E-state index contributed by atoms with van der Waals surface area (Å²) in [6.45, 7) is 2.05. The zero-order chi connectivity index (χ0) is 24.6. The van der Waals surface area contributed by atoms with Crippen molar-refractivity contribution in [3.63, 3.8) is 0 Å². The van der Waals surface area contributed by atoms with Gasteiger partial charge in [-0.05, 0) is 54.7 Å². The van der Waals surface area contributed by atoms with E-state index < -0.39 is 17.4 Å². The van der Waals surface area contributed by atoms with Gasteiger partial charge in [-0.2, -0.15) is 0 Å². The van der Waals surface area contributed by atoms with E-state index in [0.717, 1.165) is 35.1 Å². The maximum Gasteiger partial charge on any atom is 0.330 e. The monoisotopic (exact) mass is 471 g/mol. The molecular formula is C29H29NO5. The number of ether oxygens (including phenoxy) is 2. The maximum absolute atomic E-state index is 13.3. The lowest BCUT2D eigenvalue weighted by Gasteiger charge is -2.26. The number of carboxylic acid groups (broad SMARTS) is 1. The summed E-state index contributed by atoms with van der Waals surface area (Å²) in [6.07, 6.45) is 2.53. The lowest BCUT2D eigenvalue weighted by atomic mass is 9.95. The standard InChI is InChI=1S/C29H29NO5/c1-18-6-5-9-20(14-18)26(19-10-11-19)35-25-15-21(12-13-24(25)34-2)27(31)30-29(28(32)33)16-22-7-3-4-8-23(22)17-29/h3-9,12-15,19,26H,10-11,16-17H2,1-2H3,(H,30,31)(H,32,33). The van der Waals surface area contributed by atoms with Crippen molar-refractivity contribution in [2.75, 3.05) is 7.11 Å². The number of carbonyl (C=O) groups is 2. The Labute approximate surface area is 204 Å². The van der Waals surface area contributed by atoms with E-state index in [2.05, 4.69) is 30.4 Å². The van der Waals surface area contributed by atoms with Gasteiger partial charge in [-0.1, -0.05) is 54.1 Å². The van der Waals surface area contributed by atoms with Crippen LogP contribution in [0.15, 0.2) is 66.7 Å². The van der Waals surface area contributed by atoms with Crippen LogP contribution < -0.4 is 14.8 Å². The normalized spacial score (nSPS) is 16.7. The van der Waals surface area contributed by atoms with E-state index in [1.807, 2.05) is 30.3 Å². The zero-order valence-electron chi connectivity index (χ0n) is 19.9. The quantitative estimate of drug-likeness (QED) is 0.489. The molecule has 6 heteroatoms. The summed E-state index contributed by atoms with van der Waals surface area (Å²) in [5.74, 6) is -0.0866. The molecule has 0 saturated heterocycles. The summed E-state index contributed by atoms with van der Waals surface area (Å²) in [4.78, 5) is 25.6. The molecule has 35 heavy (non-hydrogen) atoms. The predicted molar refractivity (Wildman–Crippen MR) is 132 cm³/mol. The summed E-state index contributed by atoms with van der Waals surface area (Å²) in [5.41, 5.74) is 3.10. The Kier molecular flexibility index (Phi) is 5.97. The number of rotatable bonds is 8. The summed E-state index contributed by atoms with van der Waals surface area (Å²) >= 11 is 0. The highest BCUT2D eigenvalue weighted by Gasteiger charge is 2.45. The average Bonchev–Trinajstić information content (AvgIpc) is 3.61. The number of carbonyl (C=O) groups excluding carboxylic acids is 1. The smallest absolute Gasteiger partial charge is 0.330 e. The van der Waals surface area contributed by atoms with Crippen LogP contribution in [0.25, 0.3) is 0 Å². The molecule has 1 unspecified atom stereocenters. The SMILES string of the molecule is COc1ccc(C(=O)NC2(C(=O)O)Cc3ccccc3C2)cc1OC(c1cccc(C)c1)C1CC1. The van der Waals surface area contributed by atoms with Gasteiger partial charge >= 0.3 is 5.97 Å². The van der Waals surface area contributed by atoms with Crippen LogP contribution >= 0.6 is 0 Å². The van der Waals surface area contributed by atoms with Crippen LogP contribution in [0.3, 0.4) is 0 Å². The Balaban J connectivity index is 1.41. The molecule has 0 aliphatic heterocycles. The number of carboxylic acids is 1. The van der Waals surface area contributed by atoms with E-state index in [4.69, 9.17) is 9.47 Å². The molecule has 0 radical (unpaired) electrons. The third-order valence-electron chi connectivity index (χ3n) is 6.97. The van der Waals surface area contributed by atoms with Gasteiger partial charge in [-0.15, -0.1) is 0 Å². The molecule has 1 atom stereocenters. The molecule has 0 heterocycles. The molecule has 180 valence electrons. The van der Waals surface area contributed by atoms with Crippen molar-refractivity contribution in [2.24, 2.45) is 5.92 Å². The van der Waals surface area contributed by atoms with E-state index in [1.54, 1.807) is 25.3 Å².